The van der Waals surface area contributed by atoms with E-state index < -0.39 is 0 Å². The number of halogens is 2. The van der Waals surface area contributed by atoms with Crippen molar-refractivity contribution in [3.63, 3.8) is 0 Å². The van der Waals surface area contributed by atoms with E-state index in [2.05, 4.69) is 59.4 Å². The molecule has 0 spiro atoms. The molecule has 0 radical (unpaired) electrons. The molecule has 19 heavy (non-hydrogen) atoms. The Morgan fingerprint density at radius 2 is 1.79 bits per heavy atom. The first-order valence-electron chi connectivity index (χ1n) is 6.34. The van der Waals surface area contributed by atoms with Crippen LogP contribution in [-0.2, 0) is 6.54 Å². The van der Waals surface area contributed by atoms with Crippen molar-refractivity contribution in [2.75, 3.05) is 5.32 Å². The van der Waals surface area contributed by atoms with Gasteiger partial charge in [-0.2, -0.15) is 0 Å². The quantitative estimate of drug-likeness (QED) is 0.738. The van der Waals surface area contributed by atoms with Crippen molar-refractivity contribution in [1.29, 1.82) is 0 Å². The lowest BCUT2D eigenvalue weighted by Gasteiger charge is -2.11. The molecular weight excluding hydrogens is 322 g/mol. The highest BCUT2D eigenvalue weighted by Crippen LogP contribution is 2.30. The fourth-order valence-corrected chi connectivity index (χ4v) is 2.44. The second-order valence-corrected chi connectivity index (χ2v) is 6.05. The van der Waals surface area contributed by atoms with Gasteiger partial charge < -0.3 is 5.32 Å². The van der Waals surface area contributed by atoms with Crippen molar-refractivity contribution >= 4 is 33.2 Å². The third-order valence-corrected chi connectivity index (χ3v) is 4.48. The summed E-state index contributed by atoms with van der Waals surface area (Å²) in [6, 6.07) is 14.5. The smallest absolute Gasteiger partial charge is 0.0593 e. The monoisotopic (exact) mass is 337 g/mol. The molecule has 1 nitrogen and oxygen atoms in total. The molecule has 3 heteroatoms. The van der Waals surface area contributed by atoms with E-state index in [9.17, 15) is 0 Å². The average Bonchev–Trinajstić information content (AvgIpc) is 2.41. The number of anilines is 1. The van der Waals surface area contributed by atoms with Crippen LogP contribution in [0.1, 0.15) is 30.9 Å². The second kappa shape index (κ2) is 6.44. The third-order valence-electron chi connectivity index (χ3n) is 3.08. The first-order valence-corrected chi connectivity index (χ1v) is 7.51. The number of hydrogen-bond donors (Lipinski definition) is 1. The molecule has 2 rings (SSSR count). The predicted octanol–water partition coefficient (Wildman–Crippen LogP) is 5.84. The van der Waals surface area contributed by atoms with E-state index in [-0.39, 0.29) is 0 Å². The molecule has 2 aromatic carbocycles. The van der Waals surface area contributed by atoms with E-state index in [1.54, 1.807) is 0 Å². The number of nitrogens with one attached hydrogen (secondary N) is 1. The summed E-state index contributed by atoms with van der Waals surface area (Å²) in [5, 5.41) is 4.11. The Balaban J connectivity index is 2.04. The van der Waals surface area contributed by atoms with E-state index in [1.165, 1.54) is 11.1 Å². The molecule has 2 aromatic rings. The topological polar surface area (TPSA) is 12.0 Å². The lowest BCUT2D eigenvalue weighted by molar-refractivity contribution is 0.865. The Labute approximate surface area is 128 Å². The second-order valence-electron chi connectivity index (χ2n) is 4.85. The van der Waals surface area contributed by atoms with Crippen molar-refractivity contribution in [3.05, 3.63) is 63.1 Å². The fourth-order valence-electron chi connectivity index (χ4n) is 1.86. The Bertz CT molecular complexity index is 549. The fraction of sp³-hybridized carbons (Fsp3) is 0.250. The first kappa shape index (κ1) is 14.4. The van der Waals surface area contributed by atoms with Gasteiger partial charge in [-0.3, -0.25) is 0 Å². The van der Waals surface area contributed by atoms with Gasteiger partial charge in [0.15, 0.2) is 0 Å². The number of hydrogen-bond acceptors (Lipinski definition) is 1. The molecule has 0 saturated carbocycles. The highest BCUT2D eigenvalue weighted by Gasteiger charge is 2.03. The maximum atomic E-state index is 6.06. The van der Waals surface area contributed by atoms with Crippen LogP contribution in [0.5, 0.6) is 0 Å². The van der Waals surface area contributed by atoms with Crippen LogP contribution in [-0.4, -0.2) is 0 Å². The minimum atomic E-state index is 0.573. The van der Waals surface area contributed by atoms with Crippen LogP contribution in [0, 0.1) is 0 Å². The van der Waals surface area contributed by atoms with Gasteiger partial charge in [-0.25, -0.2) is 0 Å². The standard InChI is InChI=1S/C16H17BrClN/c1-11(2)13-8-6-12(7-9-13)10-19-15-5-3-4-14(18)16(15)17/h3-9,11,19H,10H2,1-2H3. The highest BCUT2D eigenvalue weighted by atomic mass is 79.9. The van der Waals surface area contributed by atoms with Gasteiger partial charge in [-0.1, -0.05) is 55.8 Å². The molecule has 0 heterocycles. The molecule has 0 amide bonds. The molecule has 0 aliphatic heterocycles. The predicted molar refractivity (Wildman–Crippen MR) is 87.0 cm³/mol. The molecule has 0 aliphatic rings. The van der Waals surface area contributed by atoms with E-state index in [0.717, 1.165) is 21.7 Å². The van der Waals surface area contributed by atoms with Gasteiger partial charge in [-0.15, -0.1) is 0 Å². The summed E-state index contributed by atoms with van der Waals surface area (Å²) in [6.45, 7) is 5.20. The lowest BCUT2D eigenvalue weighted by Crippen LogP contribution is -2.00. The van der Waals surface area contributed by atoms with Gasteiger partial charge in [0.25, 0.3) is 0 Å². The largest absolute Gasteiger partial charge is 0.380 e. The number of benzene rings is 2. The average molecular weight is 339 g/mol. The molecule has 0 aromatic heterocycles. The Hall–Kier alpha value is -0.990. The molecule has 0 bridgehead atoms. The van der Waals surface area contributed by atoms with Crippen molar-refractivity contribution in [2.45, 2.75) is 26.3 Å². The van der Waals surface area contributed by atoms with Gasteiger partial charge in [0.05, 0.1) is 15.2 Å². The molecule has 0 unspecified atom stereocenters. The van der Waals surface area contributed by atoms with E-state index in [0.29, 0.717) is 5.92 Å². The molecule has 100 valence electrons. The van der Waals surface area contributed by atoms with Crippen LogP contribution < -0.4 is 5.32 Å². The van der Waals surface area contributed by atoms with Crippen molar-refractivity contribution in [1.82, 2.24) is 0 Å². The van der Waals surface area contributed by atoms with Gasteiger partial charge in [0.1, 0.15) is 0 Å². The maximum Gasteiger partial charge on any atom is 0.0593 e. The molecular formula is C16H17BrClN. The van der Waals surface area contributed by atoms with E-state index >= 15 is 0 Å². The summed E-state index contributed by atoms with van der Waals surface area (Å²) in [6.07, 6.45) is 0. The summed E-state index contributed by atoms with van der Waals surface area (Å²) in [5.74, 6) is 0.573. The summed E-state index contributed by atoms with van der Waals surface area (Å²) in [5.41, 5.74) is 3.64. The van der Waals surface area contributed by atoms with Gasteiger partial charge in [0, 0.05) is 6.54 Å². The first-order chi connectivity index (χ1) is 9.08. The zero-order chi connectivity index (χ0) is 13.8. The van der Waals surface area contributed by atoms with Crippen LogP contribution in [0.25, 0.3) is 0 Å². The van der Waals surface area contributed by atoms with Crippen molar-refractivity contribution in [2.24, 2.45) is 0 Å². The summed E-state index contributed by atoms with van der Waals surface area (Å²) in [4.78, 5) is 0. The van der Waals surface area contributed by atoms with Gasteiger partial charge >= 0.3 is 0 Å². The van der Waals surface area contributed by atoms with Gasteiger partial charge in [-0.05, 0) is 45.1 Å². The van der Waals surface area contributed by atoms with E-state index in [4.69, 9.17) is 11.6 Å². The molecule has 0 saturated heterocycles. The normalized spacial score (nSPS) is 10.8. The molecule has 0 atom stereocenters. The molecule has 0 aliphatic carbocycles. The minimum Gasteiger partial charge on any atom is -0.380 e. The van der Waals surface area contributed by atoms with E-state index in [1.807, 2.05) is 18.2 Å². The zero-order valence-electron chi connectivity index (χ0n) is 11.1. The molecule has 1 N–H and O–H groups in total. The SMILES string of the molecule is CC(C)c1ccc(CNc2cccc(Cl)c2Br)cc1. The van der Waals surface area contributed by atoms with Crippen LogP contribution >= 0.6 is 27.5 Å². The minimum absolute atomic E-state index is 0.573. The van der Waals surface area contributed by atoms with Gasteiger partial charge in [0.2, 0.25) is 0 Å². The Morgan fingerprint density at radius 3 is 2.42 bits per heavy atom. The maximum absolute atomic E-state index is 6.06. The van der Waals surface area contributed by atoms with Crippen molar-refractivity contribution in [3.8, 4) is 0 Å². The highest BCUT2D eigenvalue weighted by molar-refractivity contribution is 9.10. The molecule has 0 fully saturated rings. The van der Waals surface area contributed by atoms with Crippen LogP contribution in [0.3, 0.4) is 0 Å². The zero-order valence-corrected chi connectivity index (χ0v) is 13.4. The van der Waals surface area contributed by atoms with Crippen molar-refractivity contribution < 1.29 is 0 Å². The lowest BCUT2D eigenvalue weighted by atomic mass is 10.0. The third kappa shape index (κ3) is 3.74. The number of rotatable bonds is 4. The Kier molecular flexibility index (Phi) is 4.89. The summed E-state index contributed by atoms with van der Waals surface area (Å²) < 4.78 is 0.912. The van der Waals surface area contributed by atoms with Crippen LogP contribution in [0.2, 0.25) is 5.02 Å². The summed E-state index contributed by atoms with van der Waals surface area (Å²) >= 11 is 9.55. The van der Waals surface area contributed by atoms with Crippen LogP contribution in [0.4, 0.5) is 5.69 Å². The summed E-state index contributed by atoms with van der Waals surface area (Å²) in [7, 11) is 0. The van der Waals surface area contributed by atoms with Crippen LogP contribution in [0.15, 0.2) is 46.9 Å². The Morgan fingerprint density at radius 1 is 1.11 bits per heavy atom.